The van der Waals surface area contributed by atoms with Gasteiger partial charge in [0.25, 0.3) is 5.89 Å². The Kier molecular flexibility index (Phi) is 4.24. The minimum Gasteiger partial charge on any atom is -0.497 e. The molecular formula is C15H14N2O4S. The summed E-state index contributed by atoms with van der Waals surface area (Å²) in [4.78, 5) is 12.6. The number of hydrogen-bond acceptors (Lipinski definition) is 6. The van der Waals surface area contributed by atoms with E-state index in [-0.39, 0.29) is 0 Å². The zero-order valence-corrected chi connectivity index (χ0v) is 12.7. The van der Waals surface area contributed by atoms with E-state index in [4.69, 9.17) is 13.9 Å². The number of benzene rings is 1. The van der Waals surface area contributed by atoms with Crippen molar-refractivity contribution in [2.45, 2.75) is 6.54 Å². The second-order valence-electron chi connectivity index (χ2n) is 4.40. The molecule has 0 aliphatic heterocycles. The van der Waals surface area contributed by atoms with Crippen molar-refractivity contribution in [2.75, 3.05) is 13.7 Å². The van der Waals surface area contributed by atoms with Crippen molar-refractivity contribution in [3.63, 3.8) is 0 Å². The molecule has 2 heterocycles. The topological polar surface area (TPSA) is 66.5 Å². The predicted octanol–water partition coefficient (Wildman–Crippen LogP) is 2.65. The van der Waals surface area contributed by atoms with Crippen LogP contribution >= 0.6 is 11.3 Å². The van der Waals surface area contributed by atoms with Gasteiger partial charge in [-0.2, -0.15) is 4.68 Å². The maximum absolute atomic E-state index is 11.7. The van der Waals surface area contributed by atoms with Gasteiger partial charge in [0, 0.05) is 0 Å². The van der Waals surface area contributed by atoms with Crippen molar-refractivity contribution in [2.24, 2.45) is 0 Å². The summed E-state index contributed by atoms with van der Waals surface area (Å²) >= 11 is 1.47. The number of rotatable bonds is 6. The van der Waals surface area contributed by atoms with Gasteiger partial charge in [0.2, 0.25) is 0 Å². The third kappa shape index (κ3) is 3.20. The molecular weight excluding hydrogens is 304 g/mol. The Morgan fingerprint density at radius 3 is 2.68 bits per heavy atom. The molecule has 2 aromatic heterocycles. The first-order valence-electron chi connectivity index (χ1n) is 6.65. The van der Waals surface area contributed by atoms with Gasteiger partial charge in [-0.05, 0) is 35.7 Å². The molecule has 114 valence electrons. The van der Waals surface area contributed by atoms with Gasteiger partial charge >= 0.3 is 5.76 Å². The first-order valence-corrected chi connectivity index (χ1v) is 7.53. The van der Waals surface area contributed by atoms with Crippen LogP contribution in [0.15, 0.2) is 51.0 Å². The van der Waals surface area contributed by atoms with Crippen LogP contribution in [0.1, 0.15) is 0 Å². The Morgan fingerprint density at radius 1 is 1.23 bits per heavy atom. The molecule has 0 saturated carbocycles. The Bertz CT molecular complexity index is 775. The molecule has 0 aliphatic carbocycles. The molecule has 3 rings (SSSR count). The minimum absolute atomic E-state index is 0.319. The molecule has 0 spiro atoms. The Balaban J connectivity index is 1.60. The summed E-state index contributed by atoms with van der Waals surface area (Å²) in [7, 11) is 1.61. The standard InChI is InChI=1S/C15H14N2O4S/c1-19-11-4-6-12(7-5-11)20-9-8-17-15(18)21-14(16-17)13-3-2-10-22-13/h2-7,10H,8-9H2,1H3. The first-order chi connectivity index (χ1) is 10.8. The first kappa shape index (κ1) is 14.4. The summed E-state index contributed by atoms with van der Waals surface area (Å²) in [5, 5.41) is 6.06. The zero-order chi connectivity index (χ0) is 15.4. The fourth-order valence-corrected chi connectivity index (χ4v) is 2.51. The summed E-state index contributed by atoms with van der Waals surface area (Å²) < 4.78 is 17.0. The summed E-state index contributed by atoms with van der Waals surface area (Å²) in [6.45, 7) is 0.641. The van der Waals surface area contributed by atoms with Crippen LogP contribution in [0.4, 0.5) is 0 Å². The second kappa shape index (κ2) is 6.48. The molecule has 0 N–H and O–H groups in total. The van der Waals surface area contributed by atoms with Crippen LogP contribution in [0.3, 0.4) is 0 Å². The average Bonchev–Trinajstić information content (AvgIpc) is 3.18. The molecule has 0 radical (unpaired) electrons. The van der Waals surface area contributed by atoms with E-state index in [1.807, 2.05) is 41.8 Å². The van der Waals surface area contributed by atoms with Crippen molar-refractivity contribution in [1.82, 2.24) is 9.78 Å². The highest BCUT2D eigenvalue weighted by atomic mass is 32.1. The molecule has 0 amide bonds. The SMILES string of the molecule is COc1ccc(OCCn2nc(-c3cccs3)oc2=O)cc1. The van der Waals surface area contributed by atoms with Crippen LogP contribution in [0.25, 0.3) is 10.8 Å². The summed E-state index contributed by atoms with van der Waals surface area (Å²) in [6, 6.07) is 11.0. The number of methoxy groups -OCH3 is 1. The lowest BCUT2D eigenvalue weighted by atomic mass is 10.3. The van der Waals surface area contributed by atoms with Crippen LogP contribution in [-0.2, 0) is 6.54 Å². The molecule has 7 heteroatoms. The van der Waals surface area contributed by atoms with Crippen molar-refractivity contribution in [3.8, 4) is 22.3 Å². The number of nitrogens with zero attached hydrogens (tertiary/aromatic N) is 2. The van der Waals surface area contributed by atoms with Crippen LogP contribution < -0.4 is 15.2 Å². The zero-order valence-electron chi connectivity index (χ0n) is 11.9. The van der Waals surface area contributed by atoms with Crippen molar-refractivity contribution in [3.05, 3.63) is 52.3 Å². The maximum Gasteiger partial charge on any atom is 0.437 e. The summed E-state index contributed by atoms with van der Waals surface area (Å²) in [5.41, 5.74) is 0. The quantitative estimate of drug-likeness (QED) is 0.699. The number of ether oxygens (including phenoxy) is 2. The van der Waals surface area contributed by atoms with Gasteiger partial charge in [-0.25, -0.2) is 4.79 Å². The number of hydrogen-bond donors (Lipinski definition) is 0. The number of aromatic nitrogens is 2. The molecule has 1 aromatic carbocycles. The van der Waals surface area contributed by atoms with E-state index in [0.29, 0.717) is 24.8 Å². The van der Waals surface area contributed by atoms with Gasteiger partial charge in [-0.15, -0.1) is 16.4 Å². The van der Waals surface area contributed by atoms with Gasteiger partial charge < -0.3 is 13.9 Å². The molecule has 0 atom stereocenters. The third-order valence-corrected chi connectivity index (χ3v) is 3.83. The predicted molar refractivity (Wildman–Crippen MR) is 82.6 cm³/mol. The normalized spacial score (nSPS) is 10.6. The lowest BCUT2D eigenvalue weighted by molar-refractivity contribution is 0.285. The average molecular weight is 318 g/mol. The molecule has 0 aliphatic rings. The van der Waals surface area contributed by atoms with E-state index in [0.717, 1.165) is 10.6 Å². The lowest BCUT2D eigenvalue weighted by Crippen LogP contribution is -2.20. The molecule has 0 bridgehead atoms. The lowest BCUT2D eigenvalue weighted by Gasteiger charge is -2.06. The monoisotopic (exact) mass is 318 g/mol. The van der Waals surface area contributed by atoms with E-state index < -0.39 is 5.76 Å². The minimum atomic E-state index is -0.485. The smallest absolute Gasteiger partial charge is 0.437 e. The fraction of sp³-hybridized carbons (Fsp3) is 0.200. The molecule has 22 heavy (non-hydrogen) atoms. The maximum atomic E-state index is 11.7. The summed E-state index contributed by atoms with van der Waals surface area (Å²) in [6.07, 6.45) is 0. The highest BCUT2D eigenvalue weighted by Gasteiger charge is 2.10. The van der Waals surface area contributed by atoms with Crippen LogP contribution in [0.5, 0.6) is 11.5 Å². The van der Waals surface area contributed by atoms with Gasteiger partial charge in [0.05, 0.1) is 18.5 Å². The summed E-state index contributed by atoms with van der Waals surface area (Å²) in [5.74, 6) is 1.32. The highest BCUT2D eigenvalue weighted by molar-refractivity contribution is 7.13. The van der Waals surface area contributed by atoms with Crippen LogP contribution in [0.2, 0.25) is 0 Å². The van der Waals surface area contributed by atoms with E-state index in [1.165, 1.54) is 16.0 Å². The van der Waals surface area contributed by atoms with Crippen LogP contribution in [-0.4, -0.2) is 23.5 Å². The molecule has 0 saturated heterocycles. The van der Waals surface area contributed by atoms with Crippen molar-refractivity contribution in [1.29, 1.82) is 0 Å². The molecule has 3 aromatic rings. The van der Waals surface area contributed by atoms with E-state index in [9.17, 15) is 4.79 Å². The largest absolute Gasteiger partial charge is 0.497 e. The molecule has 0 fully saturated rings. The third-order valence-electron chi connectivity index (χ3n) is 2.97. The van der Waals surface area contributed by atoms with E-state index in [1.54, 1.807) is 7.11 Å². The molecule has 0 unspecified atom stereocenters. The van der Waals surface area contributed by atoms with Crippen molar-refractivity contribution < 1.29 is 13.9 Å². The molecule has 6 nitrogen and oxygen atoms in total. The Morgan fingerprint density at radius 2 is 2.00 bits per heavy atom. The fourth-order valence-electron chi connectivity index (χ4n) is 1.87. The van der Waals surface area contributed by atoms with Gasteiger partial charge in [0.15, 0.2) is 0 Å². The van der Waals surface area contributed by atoms with Gasteiger partial charge in [-0.3, -0.25) is 0 Å². The van der Waals surface area contributed by atoms with E-state index >= 15 is 0 Å². The van der Waals surface area contributed by atoms with Crippen LogP contribution in [0, 0.1) is 0 Å². The van der Waals surface area contributed by atoms with E-state index in [2.05, 4.69) is 5.10 Å². The van der Waals surface area contributed by atoms with Gasteiger partial charge in [-0.1, -0.05) is 6.07 Å². The number of thiophene rings is 1. The van der Waals surface area contributed by atoms with Crippen molar-refractivity contribution >= 4 is 11.3 Å². The Hall–Kier alpha value is -2.54. The van der Waals surface area contributed by atoms with Gasteiger partial charge in [0.1, 0.15) is 18.1 Å². The highest BCUT2D eigenvalue weighted by Crippen LogP contribution is 2.21. The Labute approximate surface area is 130 Å². The second-order valence-corrected chi connectivity index (χ2v) is 5.35.